The lowest BCUT2D eigenvalue weighted by molar-refractivity contribution is -0.123. The zero-order valence-electron chi connectivity index (χ0n) is 16.6. The van der Waals surface area contributed by atoms with Crippen LogP contribution in [0.4, 0.5) is 0 Å². The van der Waals surface area contributed by atoms with Crippen molar-refractivity contribution in [3.63, 3.8) is 0 Å². The normalized spacial score (nSPS) is 17.0. The van der Waals surface area contributed by atoms with Crippen LogP contribution in [0.3, 0.4) is 0 Å². The molecule has 0 aliphatic carbocycles. The number of carbonyl (C=O) groups is 1. The van der Waals surface area contributed by atoms with Crippen LogP contribution in [0.2, 0.25) is 0 Å². The number of para-hydroxylation sites is 1. The first-order valence-electron chi connectivity index (χ1n) is 10.1. The number of ether oxygens (including phenoxy) is 1. The van der Waals surface area contributed by atoms with Crippen LogP contribution in [-0.4, -0.2) is 50.6 Å². The fourth-order valence-electron chi connectivity index (χ4n) is 3.68. The molecule has 0 saturated carbocycles. The molecule has 1 aromatic carbocycles. The molecule has 1 fully saturated rings. The van der Waals surface area contributed by atoms with Gasteiger partial charge in [-0.1, -0.05) is 25.1 Å². The van der Waals surface area contributed by atoms with E-state index in [1.807, 2.05) is 38.2 Å². The first-order chi connectivity index (χ1) is 12.7. The molecule has 5 nitrogen and oxygen atoms in total. The predicted molar refractivity (Wildman–Crippen MR) is 106 cm³/mol. The Kier molecular flexibility index (Phi) is 8.92. The van der Waals surface area contributed by atoms with Crippen LogP contribution in [0.5, 0.6) is 5.75 Å². The molecule has 146 valence electrons. The Morgan fingerprint density at radius 2 is 2.00 bits per heavy atom. The third-order valence-corrected chi connectivity index (χ3v) is 5.21. The van der Waals surface area contributed by atoms with E-state index in [0.717, 1.165) is 43.3 Å². The topological polar surface area (TPSA) is 53.6 Å². The molecule has 1 aliphatic heterocycles. The third kappa shape index (κ3) is 6.29. The number of carbonyl (C=O) groups excluding carboxylic acids is 1. The minimum absolute atomic E-state index is 0.00147. The molecule has 1 amide bonds. The summed E-state index contributed by atoms with van der Waals surface area (Å²) >= 11 is 0. The molecule has 2 N–H and O–H groups in total. The number of nitrogens with one attached hydrogen (secondary N) is 2. The van der Waals surface area contributed by atoms with E-state index in [9.17, 15) is 4.79 Å². The van der Waals surface area contributed by atoms with Gasteiger partial charge in [0, 0.05) is 5.56 Å². The van der Waals surface area contributed by atoms with Crippen LogP contribution in [0, 0.1) is 5.92 Å². The Labute approximate surface area is 158 Å². The summed E-state index contributed by atoms with van der Waals surface area (Å²) in [5.41, 5.74) is 1.07. The maximum atomic E-state index is 12.6. The molecule has 0 aromatic heterocycles. The number of likely N-dealkylation sites (tertiary alicyclic amines) is 1. The van der Waals surface area contributed by atoms with Gasteiger partial charge in [0.2, 0.25) is 5.91 Å². The number of rotatable bonds is 10. The second-order valence-corrected chi connectivity index (χ2v) is 7.11. The minimum Gasteiger partial charge on any atom is -0.494 e. The Morgan fingerprint density at radius 1 is 1.27 bits per heavy atom. The first kappa shape index (κ1) is 20.7. The van der Waals surface area contributed by atoms with Crippen molar-refractivity contribution in [2.45, 2.75) is 45.6 Å². The number of hydrogen-bond acceptors (Lipinski definition) is 4. The second-order valence-electron chi connectivity index (χ2n) is 7.11. The van der Waals surface area contributed by atoms with E-state index in [2.05, 4.69) is 22.5 Å². The highest BCUT2D eigenvalue weighted by atomic mass is 16.5. The fourth-order valence-corrected chi connectivity index (χ4v) is 3.68. The van der Waals surface area contributed by atoms with Crippen molar-refractivity contribution in [3.8, 4) is 5.75 Å². The Balaban J connectivity index is 1.85. The number of hydrogen-bond donors (Lipinski definition) is 2. The van der Waals surface area contributed by atoms with E-state index in [1.165, 1.54) is 19.3 Å². The van der Waals surface area contributed by atoms with Crippen LogP contribution in [0.1, 0.15) is 51.1 Å². The Bertz CT molecular complexity index is 542. The molecule has 1 atom stereocenters. The van der Waals surface area contributed by atoms with E-state index in [-0.39, 0.29) is 11.9 Å². The average Bonchev–Trinajstić information content (AvgIpc) is 2.66. The standard InChI is InChI=1S/C21H35N3O2/c1-4-19(18-8-6-7-9-20(18)26-5-2)23-21(25)16-24-14-11-17(12-15-24)10-13-22-3/h6-9,17,19,22H,4-5,10-16H2,1-3H3,(H,23,25). The fraction of sp³-hybridized carbons (Fsp3) is 0.667. The quantitative estimate of drug-likeness (QED) is 0.673. The van der Waals surface area contributed by atoms with Crippen molar-refractivity contribution < 1.29 is 9.53 Å². The van der Waals surface area contributed by atoms with Crippen molar-refractivity contribution in [1.29, 1.82) is 0 Å². The number of piperidine rings is 1. The summed E-state index contributed by atoms with van der Waals surface area (Å²) in [5, 5.41) is 6.43. The molecule has 0 radical (unpaired) electrons. The zero-order chi connectivity index (χ0) is 18.8. The summed E-state index contributed by atoms with van der Waals surface area (Å²) < 4.78 is 5.73. The van der Waals surface area contributed by atoms with Gasteiger partial charge in [-0.25, -0.2) is 0 Å². The van der Waals surface area contributed by atoms with E-state index in [0.29, 0.717) is 13.2 Å². The molecule has 0 spiro atoms. The van der Waals surface area contributed by atoms with Crippen LogP contribution < -0.4 is 15.4 Å². The maximum Gasteiger partial charge on any atom is 0.234 e. The average molecular weight is 362 g/mol. The number of nitrogens with zero attached hydrogens (tertiary/aromatic N) is 1. The molecule has 26 heavy (non-hydrogen) atoms. The minimum atomic E-state index is -0.00147. The van der Waals surface area contributed by atoms with E-state index in [4.69, 9.17) is 4.74 Å². The van der Waals surface area contributed by atoms with Crippen molar-refractivity contribution in [1.82, 2.24) is 15.5 Å². The molecule has 1 aromatic rings. The van der Waals surface area contributed by atoms with E-state index < -0.39 is 0 Å². The SMILES string of the molecule is CCOc1ccccc1C(CC)NC(=O)CN1CCC(CCNC)CC1. The smallest absolute Gasteiger partial charge is 0.234 e. The zero-order valence-corrected chi connectivity index (χ0v) is 16.6. The maximum absolute atomic E-state index is 12.6. The van der Waals surface area contributed by atoms with Crippen molar-refractivity contribution >= 4 is 5.91 Å². The molecule has 1 unspecified atom stereocenters. The summed E-state index contributed by atoms with van der Waals surface area (Å²) in [7, 11) is 2.01. The van der Waals surface area contributed by atoms with Gasteiger partial charge in [0.05, 0.1) is 19.2 Å². The number of benzene rings is 1. The van der Waals surface area contributed by atoms with Gasteiger partial charge in [-0.15, -0.1) is 0 Å². The molecule has 1 aliphatic rings. The van der Waals surface area contributed by atoms with Crippen LogP contribution in [0.15, 0.2) is 24.3 Å². The largest absolute Gasteiger partial charge is 0.494 e. The van der Waals surface area contributed by atoms with Crippen molar-refractivity contribution in [2.75, 3.05) is 39.8 Å². The lowest BCUT2D eigenvalue weighted by Gasteiger charge is -2.32. The molecular weight excluding hydrogens is 326 g/mol. The van der Waals surface area contributed by atoms with Crippen LogP contribution >= 0.6 is 0 Å². The third-order valence-electron chi connectivity index (χ3n) is 5.21. The second kappa shape index (κ2) is 11.2. The van der Waals surface area contributed by atoms with E-state index >= 15 is 0 Å². The van der Waals surface area contributed by atoms with Crippen molar-refractivity contribution in [3.05, 3.63) is 29.8 Å². The Hall–Kier alpha value is -1.59. The van der Waals surface area contributed by atoms with Gasteiger partial charge in [0.1, 0.15) is 5.75 Å². The molecule has 1 saturated heterocycles. The van der Waals surface area contributed by atoms with Gasteiger partial charge >= 0.3 is 0 Å². The first-order valence-corrected chi connectivity index (χ1v) is 10.1. The molecule has 5 heteroatoms. The summed E-state index contributed by atoms with van der Waals surface area (Å²) in [4.78, 5) is 14.9. The van der Waals surface area contributed by atoms with Gasteiger partial charge in [-0.05, 0) is 71.3 Å². The predicted octanol–water partition coefficient (Wildman–Crippen LogP) is 2.97. The molecule has 2 rings (SSSR count). The lowest BCUT2D eigenvalue weighted by atomic mass is 9.93. The highest BCUT2D eigenvalue weighted by molar-refractivity contribution is 5.78. The van der Waals surface area contributed by atoms with E-state index in [1.54, 1.807) is 0 Å². The number of amides is 1. The molecule has 0 bridgehead atoms. The van der Waals surface area contributed by atoms with Gasteiger partial charge in [-0.3, -0.25) is 9.69 Å². The highest BCUT2D eigenvalue weighted by Gasteiger charge is 2.22. The van der Waals surface area contributed by atoms with Crippen molar-refractivity contribution in [2.24, 2.45) is 5.92 Å². The van der Waals surface area contributed by atoms with Crippen LogP contribution in [0.25, 0.3) is 0 Å². The lowest BCUT2D eigenvalue weighted by Crippen LogP contribution is -2.42. The van der Waals surface area contributed by atoms with Crippen LogP contribution in [-0.2, 0) is 4.79 Å². The monoisotopic (exact) mass is 361 g/mol. The molecule has 1 heterocycles. The summed E-state index contributed by atoms with van der Waals surface area (Å²) in [5.74, 6) is 1.77. The van der Waals surface area contributed by atoms with Gasteiger partial charge < -0.3 is 15.4 Å². The summed E-state index contributed by atoms with van der Waals surface area (Å²) in [6.45, 7) is 8.33. The summed E-state index contributed by atoms with van der Waals surface area (Å²) in [6.07, 6.45) is 4.48. The van der Waals surface area contributed by atoms with Gasteiger partial charge in [0.25, 0.3) is 0 Å². The van der Waals surface area contributed by atoms with Gasteiger partial charge in [-0.2, -0.15) is 0 Å². The Morgan fingerprint density at radius 3 is 2.65 bits per heavy atom. The van der Waals surface area contributed by atoms with Gasteiger partial charge in [0.15, 0.2) is 0 Å². The summed E-state index contributed by atoms with van der Waals surface area (Å²) in [6, 6.07) is 8.00. The highest BCUT2D eigenvalue weighted by Crippen LogP contribution is 2.27. The molecular formula is C21H35N3O2.